The molecule has 0 bridgehead atoms. The molecule has 1 fully saturated rings. The number of halogens is 2. The normalized spacial score (nSPS) is 17.9. The summed E-state index contributed by atoms with van der Waals surface area (Å²) >= 11 is 13.8. The minimum Gasteiger partial charge on any atom is -0.367 e. The molecule has 1 aromatic rings. The van der Waals surface area contributed by atoms with Crippen LogP contribution in [0.5, 0.6) is 0 Å². The third-order valence-corrected chi connectivity index (χ3v) is 5.00. The van der Waals surface area contributed by atoms with Crippen LogP contribution in [0.15, 0.2) is 12.3 Å². The van der Waals surface area contributed by atoms with Gasteiger partial charge < -0.3 is 5.32 Å². The van der Waals surface area contributed by atoms with Gasteiger partial charge >= 0.3 is 0 Å². The number of nitrogens with one attached hydrogen (secondary N) is 1. The molecule has 1 heterocycles. The van der Waals surface area contributed by atoms with Crippen molar-refractivity contribution in [3.05, 3.63) is 22.3 Å². The van der Waals surface area contributed by atoms with Gasteiger partial charge in [0.2, 0.25) is 0 Å². The molecular formula is C11H14Cl2N2S. The van der Waals surface area contributed by atoms with E-state index in [4.69, 9.17) is 23.2 Å². The van der Waals surface area contributed by atoms with Crippen molar-refractivity contribution in [2.45, 2.75) is 24.0 Å². The van der Waals surface area contributed by atoms with Gasteiger partial charge in [-0.15, -0.1) is 0 Å². The Morgan fingerprint density at radius 1 is 1.50 bits per heavy atom. The summed E-state index contributed by atoms with van der Waals surface area (Å²) in [4.78, 5) is 4.19. The van der Waals surface area contributed by atoms with E-state index in [0.29, 0.717) is 14.8 Å². The van der Waals surface area contributed by atoms with E-state index in [-0.39, 0.29) is 0 Å². The molecule has 5 heteroatoms. The van der Waals surface area contributed by atoms with Crippen LogP contribution in [-0.2, 0) is 0 Å². The predicted molar refractivity (Wildman–Crippen MR) is 72.8 cm³/mol. The van der Waals surface area contributed by atoms with E-state index >= 15 is 0 Å². The van der Waals surface area contributed by atoms with E-state index in [0.717, 1.165) is 12.4 Å². The van der Waals surface area contributed by atoms with Crippen LogP contribution in [-0.4, -0.2) is 22.5 Å². The van der Waals surface area contributed by atoms with Crippen molar-refractivity contribution >= 4 is 40.8 Å². The number of hydrogen-bond donors (Lipinski definition) is 1. The molecule has 1 aliphatic carbocycles. The molecule has 0 amide bonds. The highest BCUT2D eigenvalue weighted by Crippen LogP contribution is 2.42. The van der Waals surface area contributed by atoms with E-state index in [1.807, 2.05) is 11.8 Å². The Labute approximate surface area is 110 Å². The van der Waals surface area contributed by atoms with Crippen molar-refractivity contribution in [1.29, 1.82) is 0 Å². The third kappa shape index (κ3) is 2.58. The molecular weight excluding hydrogens is 263 g/mol. The Bertz CT molecular complexity index is 375. The summed E-state index contributed by atoms with van der Waals surface area (Å²) in [5, 5.41) is 4.47. The van der Waals surface area contributed by atoms with Crippen molar-refractivity contribution in [3.63, 3.8) is 0 Å². The topological polar surface area (TPSA) is 24.9 Å². The van der Waals surface area contributed by atoms with Crippen molar-refractivity contribution in [1.82, 2.24) is 4.98 Å². The number of hydrogen-bond acceptors (Lipinski definition) is 3. The molecule has 0 radical (unpaired) electrons. The first-order chi connectivity index (χ1) is 7.65. The average molecular weight is 277 g/mol. The Kier molecular flexibility index (Phi) is 3.88. The number of aromatic nitrogens is 1. The Hall–Kier alpha value is -0.120. The first kappa shape index (κ1) is 12.3. The fourth-order valence-corrected chi connectivity index (χ4v) is 3.17. The lowest BCUT2D eigenvalue weighted by Gasteiger charge is -2.40. The maximum atomic E-state index is 6.05. The summed E-state index contributed by atoms with van der Waals surface area (Å²) in [5.74, 6) is 0.728. The van der Waals surface area contributed by atoms with Gasteiger partial charge in [0.25, 0.3) is 0 Å². The summed E-state index contributed by atoms with van der Waals surface area (Å²) in [7, 11) is 0. The van der Waals surface area contributed by atoms with Gasteiger partial charge in [0, 0.05) is 17.5 Å². The minimum atomic E-state index is 0.380. The second kappa shape index (κ2) is 5.03. The highest BCUT2D eigenvalue weighted by molar-refractivity contribution is 8.00. The quantitative estimate of drug-likeness (QED) is 0.897. The first-order valence-corrected chi connectivity index (χ1v) is 7.23. The van der Waals surface area contributed by atoms with Crippen LogP contribution in [0.4, 0.5) is 5.82 Å². The molecule has 1 saturated carbocycles. The second-order valence-electron chi connectivity index (χ2n) is 4.08. The lowest BCUT2D eigenvalue weighted by atomic mass is 9.84. The van der Waals surface area contributed by atoms with Crippen molar-refractivity contribution in [3.8, 4) is 0 Å². The van der Waals surface area contributed by atoms with Gasteiger partial charge in [-0.1, -0.05) is 29.6 Å². The summed E-state index contributed by atoms with van der Waals surface area (Å²) in [5.41, 5.74) is 0. The van der Waals surface area contributed by atoms with Gasteiger partial charge in [-0.3, -0.25) is 0 Å². The molecule has 0 aliphatic heterocycles. The number of anilines is 1. The molecule has 1 N–H and O–H groups in total. The maximum Gasteiger partial charge on any atom is 0.144 e. The fourth-order valence-electron chi connectivity index (χ4n) is 1.81. The Morgan fingerprint density at radius 2 is 2.25 bits per heavy atom. The van der Waals surface area contributed by atoms with Crippen LogP contribution in [0.3, 0.4) is 0 Å². The van der Waals surface area contributed by atoms with E-state index in [9.17, 15) is 0 Å². The lowest BCUT2D eigenvalue weighted by Crippen LogP contribution is -2.40. The molecule has 16 heavy (non-hydrogen) atoms. The Balaban J connectivity index is 1.99. The highest BCUT2D eigenvalue weighted by Gasteiger charge is 2.35. The molecule has 0 unspecified atom stereocenters. The molecule has 0 atom stereocenters. The molecule has 2 rings (SSSR count). The van der Waals surface area contributed by atoms with Gasteiger partial charge in [-0.05, 0) is 25.2 Å². The van der Waals surface area contributed by atoms with Gasteiger partial charge in [-0.2, -0.15) is 11.8 Å². The fraction of sp³-hybridized carbons (Fsp3) is 0.545. The van der Waals surface area contributed by atoms with Gasteiger partial charge in [-0.25, -0.2) is 4.98 Å². The predicted octanol–water partition coefficient (Wildman–Crippen LogP) is 4.09. The van der Waals surface area contributed by atoms with Crippen LogP contribution in [0, 0.1) is 0 Å². The van der Waals surface area contributed by atoms with E-state index < -0.39 is 0 Å². The lowest BCUT2D eigenvalue weighted by molar-refractivity contribution is 0.379. The minimum absolute atomic E-state index is 0.380. The summed E-state index contributed by atoms with van der Waals surface area (Å²) in [6.07, 6.45) is 7.64. The zero-order valence-corrected chi connectivity index (χ0v) is 11.4. The molecule has 0 saturated heterocycles. The van der Waals surface area contributed by atoms with E-state index in [1.165, 1.54) is 19.3 Å². The van der Waals surface area contributed by atoms with Crippen molar-refractivity contribution < 1.29 is 0 Å². The van der Waals surface area contributed by atoms with Crippen molar-refractivity contribution in [2.24, 2.45) is 0 Å². The first-order valence-electron chi connectivity index (χ1n) is 5.25. The van der Waals surface area contributed by atoms with Crippen LogP contribution in [0.1, 0.15) is 19.3 Å². The van der Waals surface area contributed by atoms with Gasteiger partial charge in [0.05, 0.1) is 10.0 Å². The van der Waals surface area contributed by atoms with Crippen molar-refractivity contribution in [2.75, 3.05) is 18.1 Å². The summed E-state index contributed by atoms with van der Waals surface area (Å²) in [6.45, 7) is 0.919. The number of nitrogens with zero attached hydrogens (tertiary/aromatic N) is 1. The SMILES string of the molecule is CSC1(CNc2ncc(Cl)cc2Cl)CCC1. The van der Waals surface area contributed by atoms with Crippen LogP contribution >= 0.6 is 35.0 Å². The van der Waals surface area contributed by atoms with Crippen LogP contribution < -0.4 is 5.32 Å². The number of rotatable bonds is 4. The number of pyridine rings is 1. The van der Waals surface area contributed by atoms with Gasteiger partial charge in [0.15, 0.2) is 0 Å². The molecule has 0 spiro atoms. The van der Waals surface area contributed by atoms with Crippen LogP contribution in [0.2, 0.25) is 10.0 Å². The smallest absolute Gasteiger partial charge is 0.144 e. The average Bonchev–Trinajstić information content (AvgIpc) is 2.19. The number of thioether (sulfide) groups is 1. The van der Waals surface area contributed by atoms with E-state index in [1.54, 1.807) is 12.3 Å². The summed E-state index contributed by atoms with van der Waals surface area (Å²) < 4.78 is 0.380. The zero-order chi connectivity index (χ0) is 11.6. The molecule has 2 nitrogen and oxygen atoms in total. The molecule has 1 aromatic heterocycles. The summed E-state index contributed by atoms with van der Waals surface area (Å²) in [6, 6.07) is 1.71. The molecule has 88 valence electrons. The standard InChI is InChI=1S/C11H14Cl2N2S/c1-16-11(3-2-4-11)7-15-10-9(13)5-8(12)6-14-10/h5-6H,2-4,7H2,1H3,(H,14,15). The zero-order valence-electron chi connectivity index (χ0n) is 9.09. The largest absolute Gasteiger partial charge is 0.367 e. The Morgan fingerprint density at radius 3 is 2.75 bits per heavy atom. The second-order valence-corrected chi connectivity index (χ2v) is 6.20. The van der Waals surface area contributed by atoms with Crippen LogP contribution in [0.25, 0.3) is 0 Å². The van der Waals surface area contributed by atoms with Gasteiger partial charge in [0.1, 0.15) is 5.82 Å². The molecule has 0 aromatic carbocycles. The maximum absolute atomic E-state index is 6.05. The monoisotopic (exact) mass is 276 g/mol. The van der Waals surface area contributed by atoms with E-state index in [2.05, 4.69) is 16.6 Å². The molecule has 1 aliphatic rings. The highest BCUT2D eigenvalue weighted by atomic mass is 35.5. The third-order valence-electron chi connectivity index (χ3n) is 3.08.